The van der Waals surface area contributed by atoms with E-state index in [1.165, 1.54) is 0 Å². The molecule has 0 aliphatic rings. The molecule has 0 saturated carbocycles. The number of aryl methyl sites for hydroxylation is 1. The normalized spacial score (nSPS) is 11.7. The van der Waals surface area contributed by atoms with Crippen LogP contribution in [0.3, 0.4) is 0 Å². The summed E-state index contributed by atoms with van der Waals surface area (Å²) in [6.07, 6.45) is 0. The first-order chi connectivity index (χ1) is 10.7. The summed E-state index contributed by atoms with van der Waals surface area (Å²) in [5, 5.41) is 11.1. The van der Waals surface area contributed by atoms with Gasteiger partial charge in [0.05, 0.1) is 13.1 Å². The maximum absolute atomic E-state index is 11.9. The Labute approximate surface area is 136 Å². The highest BCUT2D eigenvalue weighted by molar-refractivity contribution is 5.78. The zero-order chi connectivity index (χ0) is 17.0. The summed E-state index contributed by atoms with van der Waals surface area (Å²) in [5.41, 5.74) is 1.80. The van der Waals surface area contributed by atoms with Gasteiger partial charge in [-0.1, -0.05) is 17.7 Å². The lowest BCUT2D eigenvalue weighted by atomic mass is 10.1. The standard InChI is InChI=1S/C17H24N4O2/c1-12-7-6-8-13(9-12)16-20-19-15(23-16)11-21(5)10-14(22)18-17(2,3)4/h6-9H,10-11H2,1-5H3,(H,18,22). The molecule has 0 spiro atoms. The Morgan fingerprint density at radius 1 is 1.30 bits per heavy atom. The van der Waals surface area contributed by atoms with Gasteiger partial charge in [-0.15, -0.1) is 10.2 Å². The van der Waals surface area contributed by atoms with E-state index in [1.807, 2.05) is 63.9 Å². The number of likely N-dealkylation sites (N-methyl/N-ethyl adjacent to an activating group) is 1. The predicted molar refractivity (Wildman–Crippen MR) is 88.7 cm³/mol. The van der Waals surface area contributed by atoms with Gasteiger partial charge in [-0.2, -0.15) is 0 Å². The molecule has 0 unspecified atom stereocenters. The molecular weight excluding hydrogens is 292 g/mol. The molecule has 0 radical (unpaired) electrons. The van der Waals surface area contributed by atoms with E-state index >= 15 is 0 Å². The van der Waals surface area contributed by atoms with Gasteiger partial charge >= 0.3 is 0 Å². The number of hydrogen-bond acceptors (Lipinski definition) is 5. The summed E-state index contributed by atoms with van der Waals surface area (Å²) in [6.45, 7) is 8.59. The topological polar surface area (TPSA) is 71.3 Å². The average Bonchev–Trinajstić information content (AvgIpc) is 2.84. The van der Waals surface area contributed by atoms with Crippen molar-refractivity contribution in [2.75, 3.05) is 13.6 Å². The van der Waals surface area contributed by atoms with Gasteiger partial charge in [-0.25, -0.2) is 0 Å². The smallest absolute Gasteiger partial charge is 0.247 e. The van der Waals surface area contributed by atoms with Crippen molar-refractivity contribution in [3.63, 3.8) is 0 Å². The van der Waals surface area contributed by atoms with Gasteiger partial charge in [0, 0.05) is 11.1 Å². The van der Waals surface area contributed by atoms with Crippen LogP contribution in [-0.4, -0.2) is 40.1 Å². The summed E-state index contributed by atoms with van der Waals surface area (Å²) in [4.78, 5) is 13.7. The van der Waals surface area contributed by atoms with Crippen molar-refractivity contribution in [1.29, 1.82) is 0 Å². The third-order valence-electron chi connectivity index (χ3n) is 3.06. The molecule has 6 nitrogen and oxygen atoms in total. The Balaban J connectivity index is 1.95. The first-order valence-electron chi connectivity index (χ1n) is 7.62. The molecule has 0 saturated heterocycles. The van der Waals surface area contributed by atoms with Crippen molar-refractivity contribution in [1.82, 2.24) is 20.4 Å². The number of carbonyl (C=O) groups is 1. The highest BCUT2D eigenvalue weighted by Crippen LogP contribution is 2.19. The van der Waals surface area contributed by atoms with Crippen LogP contribution in [0.2, 0.25) is 0 Å². The summed E-state index contributed by atoms with van der Waals surface area (Å²) >= 11 is 0. The average molecular weight is 316 g/mol. The van der Waals surface area contributed by atoms with Crippen molar-refractivity contribution < 1.29 is 9.21 Å². The van der Waals surface area contributed by atoms with Crippen LogP contribution < -0.4 is 5.32 Å². The van der Waals surface area contributed by atoms with Gasteiger partial charge in [0.25, 0.3) is 0 Å². The van der Waals surface area contributed by atoms with E-state index in [1.54, 1.807) is 0 Å². The molecule has 1 aromatic carbocycles. The van der Waals surface area contributed by atoms with Crippen molar-refractivity contribution in [3.05, 3.63) is 35.7 Å². The van der Waals surface area contributed by atoms with Crippen molar-refractivity contribution in [2.45, 2.75) is 39.8 Å². The fourth-order valence-corrected chi connectivity index (χ4v) is 2.20. The van der Waals surface area contributed by atoms with E-state index in [0.717, 1.165) is 11.1 Å². The molecule has 0 atom stereocenters. The second kappa shape index (κ2) is 6.91. The van der Waals surface area contributed by atoms with E-state index in [-0.39, 0.29) is 18.0 Å². The highest BCUT2D eigenvalue weighted by Gasteiger charge is 2.17. The molecule has 0 fully saturated rings. The molecule has 0 aliphatic heterocycles. The number of amides is 1. The van der Waals surface area contributed by atoms with E-state index in [4.69, 9.17) is 4.42 Å². The lowest BCUT2D eigenvalue weighted by Crippen LogP contribution is -2.45. The van der Waals surface area contributed by atoms with Crippen molar-refractivity contribution in [2.24, 2.45) is 0 Å². The van der Waals surface area contributed by atoms with Crippen LogP contribution in [0.5, 0.6) is 0 Å². The molecule has 1 amide bonds. The number of nitrogens with one attached hydrogen (secondary N) is 1. The van der Waals surface area contributed by atoms with Crippen LogP contribution in [0.4, 0.5) is 0 Å². The van der Waals surface area contributed by atoms with E-state index < -0.39 is 0 Å². The summed E-state index contributed by atoms with van der Waals surface area (Å²) in [7, 11) is 1.85. The Hall–Kier alpha value is -2.21. The lowest BCUT2D eigenvalue weighted by Gasteiger charge is -2.22. The second-order valence-corrected chi connectivity index (χ2v) is 6.84. The zero-order valence-electron chi connectivity index (χ0n) is 14.4. The van der Waals surface area contributed by atoms with E-state index in [0.29, 0.717) is 18.3 Å². The van der Waals surface area contributed by atoms with Crippen LogP contribution in [0.25, 0.3) is 11.5 Å². The number of nitrogens with zero attached hydrogens (tertiary/aromatic N) is 3. The minimum atomic E-state index is -0.235. The third-order valence-corrected chi connectivity index (χ3v) is 3.06. The molecule has 0 aliphatic carbocycles. The zero-order valence-corrected chi connectivity index (χ0v) is 14.4. The minimum absolute atomic E-state index is 0.0292. The molecule has 124 valence electrons. The van der Waals surface area contributed by atoms with Crippen LogP contribution in [-0.2, 0) is 11.3 Å². The number of hydrogen-bond donors (Lipinski definition) is 1. The number of rotatable bonds is 5. The quantitative estimate of drug-likeness (QED) is 0.917. The Morgan fingerprint density at radius 3 is 2.70 bits per heavy atom. The first-order valence-corrected chi connectivity index (χ1v) is 7.62. The molecule has 6 heteroatoms. The molecule has 1 N–H and O–H groups in total. The minimum Gasteiger partial charge on any atom is -0.419 e. The second-order valence-electron chi connectivity index (χ2n) is 6.84. The maximum atomic E-state index is 11.9. The summed E-state index contributed by atoms with van der Waals surface area (Å²) in [5.74, 6) is 0.960. The highest BCUT2D eigenvalue weighted by atomic mass is 16.4. The number of aromatic nitrogens is 2. The molecule has 2 aromatic rings. The third kappa shape index (κ3) is 5.49. The van der Waals surface area contributed by atoms with Crippen LogP contribution in [0.1, 0.15) is 32.2 Å². The van der Waals surface area contributed by atoms with E-state index in [2.05, 4.69) is 15.5 Å². The molecule has 0 bridgehead atoms. The molecular formula is C17H24N4O2. The number of benzene rings is 1. The van der Waals surface area contributed by atoms with Crippen LogP contribution >= 0.6 is 0 Å². The predicted octanol–water partition coefficient (Wildman–Crippen LogP) is 2.39. The molecule has 2 rings (SSSR count). The van der Waals surface area contributed by atoms with E-state index in [9.17, 15) is 4.79 Å². The largest absolute Gasteiger partial charge is 0.419 e. The fourth-order valence-electron chi connectivity index (χ4n) is 2.20. The summed E-state index contributed by atoms with van der Waals surface area (Å²) in [6, 6.07) is 7.91. The maximum Gasteiger partial charge on any atom is 0.247 e. The van der Waals surface area contributed by atoms with Crippen LogP contribution in [0, 0.1) is 6.92 Å². The summed E-state index contributed by atoms with van der Waals surface area (Å²) < 4.78 is 5.68. The van der Waals surface area contributed by atoms with Gasteiger partial charge < -0.3 is 9.73 Å². The molecule has 1 heterocycles. The first kappa shape index (κ1) is 17.1. The Morgan fingerprint density at radius 2 is 2.04 bits per heavy atom. The SMILES string of the molecule is Cc1cccc(-c2nnc(CN(C)CC(=O)NC(C)(C)C)o2)c1. The van der Waals surface area contributed by atoms with Gasteiger partial charge in [0.15, 0.2) is 0 Å². The Bertz CT molecular complexity index is 673. The van der Waals surface area contributed by atoms with Gasteiger partial charge in [0.1, 0.15) is 0 Å². The van der Waals surface area contributed by atoms with Gasteiger partial charge in [-0.05, 0) is 46.9 Å². The van der Waals surface area contributed by atoms with Gasteiger partial charge in [-0.3, -0.25) is 9.69 Å². The lowest BCUT2D eigenvalue weighted by molar-refractivity contribution is -0.123. The number of carbonyl (C=O) groups excluding carboxylic acids is 1. The van der Waals surface area contributed by atoms with Crippen molar-refractivity contribution in [3.8, 4) is 11.5 Å². The Kier molecular flexibility index (Phi) is 5.15. The van der Waals surface area contributed by atoms with Crippen molar-refractivity contribution >= 4 is 5.91 Å². The monoisotopic (exact) mass is 316 g/mol. The van der Waals surface area contributed by atoms with Gasteiger partial charge in [0.2, 0.25) is 17.7 Å². The fraction of sp³-hybridized carbons (Fsp3) is 0.471. The van der Waals surface area contributed by atoms with Crippen LogP contribution in [0.15, 0.2) is 28.7 Å². The molecule has 23 heavy (non-hydrogen) atoms. The molecule has 1 aromatic heterocycles.